The standard InChI is InChI=1S/C22H27N3O2S/c1-3-27-20-14-17(8-9-19(20)26-2)23-16-10-12-25(13-11-16)15-22-24-18-6-4-5-7-21(18)28-22/h4-9,14,16,23H,3,10-13,15H2,1-2H3. The second-order valence-electron chi connectivity index (χ2n) is 7.07. The van der Waals surface area contributed by atoms with Crippen molar-refractivity contribution in [2.24, 2.45) is 0 Å². The number of likely N-dealkylation sites (tertiary alicyclic amines) is 1. The summed E-state index contributed by atoms with van der Waals surface area (Å²) in [5, 5.41) is 4.87. The Hall–Kier alpha value is -2.31. The van der Waals surface area contributed by atoms with E-state index in [4.69, 9.17) is 14.5 Å². The highest BCUT2D eigenvalue weighted by atomic mass is 32.1. The van der Waals surface area contributed by atoms with Crippen molar-refractivity contribution in [3.63, 3.8) is 0 Å². The summed E-state index contributed by atoms with van der Waals surface area (Å²) < 4.78 is 12.3. The van der Waals surface area contributed by atoms with E-state index in [-0.39, 0.29) is 0 Å². The molecular weight excluding hydrogens is 370 g/mol. The van der Waals surface area contributed by atoms with Crippen molar-refractivity contribution in [2.45, 2.75) is 32.4 Å². The summed E-state index contributed by atoms with van der Waals surface area (Å²) in [5.74, 6) is 1.57. The lowest BCUT2D eigenvalue weighted by molar-refractivity contribution is 0.211. The Bertz CT molecular complexity index is 886. The van der Waals surface area contributed by atoms with Gasteiger partial charge in [0.05, 0.1) is 30.5 Å². The first-order valence-corrected chi connectivity index (χ1v) is 10.7. The van der Waals surface area contributed by atoms with Crippen molar-refractivity contribution in [1.29, 1.82) is 0 Å². The van der Waals surface area contributed by atoms with Crippen molar-refractivity contribution in [3.05, 3.63) is 47.5 Å². The summed E-state index contributed by atoms with van der Waals surface area (Å²) in [7, 11) is 1.67. The molecule has 2 heterocycles. The van der Waals surface area contributed by atoms with Crippen LogP contribution in [0.4, 0.5) is 5.69 Å². The Morgan fingerprint density at radius 1 is 1.14 bits per heavy atom. The molecule has 5 nitrogen and oxygen atoms in total. The van der Waals surface area contributed by atoms with Crippen molar-refractivity contribution in [2.75, 3.05) is 32.1 Å². The number of thiazole rings is 1. The molecule has 148 valence electrons. The molecule has 0 saturated carbocycles. The Labute approximate surface area is 170 Å². The van der Waals surface area contributed by atoms with Crippen molar-refractivity contribution in [1.82, 2.24) is 9.88 Å². The molecule has 1 fully saturated rings. The zero-order chi connectivity index (χ0) is 19.3. The van der Waals surface area contributed by atoms with Crippen LogP contribution >= 0.6 is 11.3 Å². The van der Waals surface area contributed by atoms with Crippen LogP contribution in [0.1, 0.15) is 24.8 Å². The van der Waals surface area contributed by atoms with Gasteiger partial charge in [-0.25, -0.2) is 4.98 Å². The summed E-state index contributed by atoms with van der Waals surface area (Å²) >= 11 is 1.81. The van der Waals surface area contributed by atoms with E-state index in [1.165, 1.54) is 9.71 Å². The molecule has 0 amide bonds. The highest BCUT2D eigenvalue weighted by molar-refractivity contribution is 7.18. The number of rotatable bonds is 7. The Morgan fingerprint density at radius 2 is 1.96 bits per heavy atom. The smallest absolute Gasteiger partial charge is 0.163 e. The monoisotopic (exact) mass is 397 g/mol. The second-order valence-corrected chi connectivity index (χ2v) is 8.18. The maximum absolute atomic E-state index is 5.69. The molecule has 1 saturated heterocycles. The van der Waals surface area contributed by atoms with Gasteiger partial charge in [0.25, 0.3) is 0 Å². The van der Waals surface area contributed by atoms with Gasteiger partial charge in [0.2, 0.25) is 0 Å². The number of aromatic nitrogens is 1. The molecule has 4 rings (SSSR count). The zero-order valence-electron chi connectivity index (χ0n) is 16.5. The van der Waals surface area contributed by atoms with E-state index in [0.29, 0.717) is 12.6 Å². The molecule has 1 aliphatic heterocycles. The van der Waals surface area contributed by atoms with Crippen LogP contribution in [-0.2, 0) is 6.54 Å². The van der Waals surface area contributed by atoms with Crippen LogP contribution in [0.2, 0.25) is 0 Å². The SMILES string of the molecule is CCOc1cc(NC2CCN(Cc3nc4ccccc4s3)CC2)ccc1OC. The molecule has 0 atom stereocenters. The number of nitrogens with zero attached hydrogens (tertiary/aromatic N) is 2. The van der Waals surface area contributed by atoms with Crippen LogP contribution in [0.25, 0.3) is 10.2 Å². The van der Waals surface area contributed by atoms with E-state index in [9.17, 15) is 0 Å². The largest absolute Gasteiger partial charge is 0.493 e. The first-order chi connectivity index (χ1) is 13.7. The predicted molar refractivity (Wildman–Crippen MR) is 116 cm³/mol. The Kier molecular flexibility index (Phi) is 5.98. The third-order valence-electron chi connectivity index (χ3n) is 5.12. The van der Waals surface area contributed by atoms with E-state index < -0.39 is 0 Å². The summed E-state index contributed by atoms with van der Waals surface area (Å²) in [5.41, 5.74) is 2.21. The molecule has 0 aliphatic carbocycles. The van der Waals surface area contributed by atoms with Gasteiger partial charge in [-0.05, 0) is 44.0 Å². The zero-order valence-corrected chi connectivity index (χ0v) is 17.3. The number of benzene rings is 2. The minimum absolute atomic E-state index is 0.481. The summed E-state index contributed by atoms with van der Waals surface area (Å²) in [6, 6.07) is 14.9. The normalized spacial score (nSPS) is 15.6. The fourth-order valence-electron chi connectivity index (χ4n) is 3.68. The van der Waals surface area contributed by atoms with E-state index in [0.717, 1.165) is 55.2 Å². The minimum Gasteiger partial charge on any atom is -0.493 e. The van der Waals surface area contributed by atoms with Crippen molar-refractivity contribution < 1.29 is 9.47 Å². The third-order valence-corrected chi connectivity index (χ3v) is 6.14. The van der Waals surface area contributed by atoms with E-state index in [1.807, 2.05) is 30.4 Å². The van der Waals surface area contributed by atoms with Gasteiger partial charge in [0.15, 0.2) is 11.5 Å². The summed E-state index contributed by atoms with van der Waals surface area (Å²) in [6.45, 7) is 5.73. The fraction of sp³-hybridized carbons (Fsp3) is 0.409. The minimum atomic E-state index is 0.481. The second kappa shape index (κ2) is 8.80. The van der Waals surface area contributed by atoms with Gasteiger partial charge in [0.1, 0.15) is 5.01 Å². The van der Waals surface area contributed by atoms with E-state index in [2.05, 4.69) is 40.5 Å². The van der Waals surface area contributed by atoms with Gasteiger partial charge >= 0.3 is 0 Å². The number of ether oxygens (including phenoxy) is 2. The van der Waals surface area contributed by atoms with E-state index in [1.54, 1.807) is 7.11 Å². The van der Waals surface area contributed by atoms with E-state index >= 15 is 0 Å². The van der Waals surface area contributed by atoms with Crippen LogP contribution in [-0.4, -0.2) is 42.7 Å². The van der Waals surface area contributed by atoms with Crippen LogP contribution < -0.4 is 14.8 Å². The lowest BCUT2D eigenvalue weighted by Gasteiger charge is -2.32. The molecule has 28 heavy (non-hydrogen) atoms. The molecule has 1 aromatic heterocycles. The van der Waals surface area contributed by atoms with Crippen LogP contribution in [0.3, 0.4) is 0 Å². The molecule has 0 unspecified atom stereocenters. The predicted octanol–water partition coefficient (Wildman–Crippen LogP) is 4.78. The molecule has 1 N–H and O–H groups in total. The van der Waals surface area contributed by atoms with Crippen molar-refractivity contribution >= 4 is 27.2 Å². The molecule has 3 aromatic rings. The maximum Gasteiger partial charge on any atom is 0.163 e. The van der Waals surface area contributed by atoms with Gasteiger partial charge in [-0.1, -0.05) is 12.1 Å². The van der Waals surface area contributed by atoms with Gasteiger partial charge in [-0.15, -0.1) is 11.3 Å². The number of piperidine rings is 1. The number of anilines is 1. The van der Waals surface area contributed by atoms with Gasteiger partial charge in [-0.3, -0.25) is 4.90 Å². The molecule has 2 aromatic carbocycles. The molecule has 0 spiro atoms. The molecule has 1 aliphatic rings. The molecule has 6 heteroatoms. The lowest BCUT2D eigenvalue weighted by Crippen LogP contribution is -2.38. The first-order valence-electron chi connectivity index (χ1n) is 9.89. The Balaban J connectivity index is 1.32. The molecular formula is C22H27N3O2S. The number of nitrogens with one attached hydrogen (secondary N) is 1. The average Bonchev–Trinajstić information content (AvgIpc) is 3.12. The number of methoxy groups -OCH3 is 1. The van der Waals surface area contributed by atoms with Crippen LogP contribution in [0, 0.1) is 0 Å². The quantitative estimate of drug-likeness (QED) is 0.622. The van der Waals surface area contributed by atoms with Gasteiger partial charge in [0, 0.05) is 30.9 Å². The summed E-state index contributed by atoms with van der Waals surface area (Å²) in [6.07, 6.45) is 2.25. The highest BCUT2D eigenvalue weighted by Gasteiger charge is 2.20. The summed E-state index contributed by atoms with van der Waals surface area (Å²) in [4.78, 5) is 7.28. The number of para-hydroxylation sites is 1. The van der Waals surface area contributed by atoms with Crippen molar-refractivity contribution in [3.8, 4) is 11.5 Å². The molecule has 0 bridgehead atoms. The topological polar surface area (TPSA) is 46.6 Å². The maximum atomic E-state index is 5.69. The number of hydrogen-bond donors (Lipinski definition) is 1. The molecule has 0 radical (unpaired) electrons. The highest BCUT2D eigenvalue weighted by Crippen LogP contribution is 2.31. The number of hydrogen-bond acceptors (Lipinski definition) is 6. The fourth-order valence-corrected chi connectivity index (χ4v) is 4.69. The lowest BCUT2D eigenvalue weighted by atomic mass is 10.0. The Morgan fingerprint density at radius 3 is 2.71 bits per heavy atom. The van der Waals surface area contributed by atoms with Crippen LogP contribution in [0.5, 0.6) is 11.5 Å². The van der Waals surface area contributed by atoms with Gasteiger partial charge < -0.3 is 14.8 Å². The number of fused-ring (bicyclic) bond motifs is 1. The third kappa shape index (κ3) is 4.39. The average molecular weight is 398 g/mol. The van der Waals surface area contributed by atoms with Crippen LogP contribution in [0.15, 0.2) is 42.5 Å². The van der Waals surface area contributed by atoms with Gasteiger partial charge in [-0.2, -0.15) is 0 Å². The first kappa shape index (κ1) is 19.0.